The lowest BCUT2D eigenvalue weighted by atomic mass is 10.1. The minimum absolute atomic E-state index is 0.0612. The number of methoxy groups -OCH3 is 1. The van der Waals surface area contributed by atoms with Gasteiger partial charge in [-0.2, -0.15) is 0 Å². The number of halogens is 2. The quantitative estimate of drug-likeness (QED) is 0.863. The molecule has 0 unspecified atom stereocenters. The van der Waals surface area contributed by atoms with Gasteiger partial charge in [-0.25, -0.2) is 0 Å². The molecule has 0 aromatic heterocycles. The first kappa shape index (κ1) is 11.5. The molecule has 0 aliphatic carbocycles. The molecule has 0 saturated heterocycles. The zero-order valence-electron chi connectivity index (χ0n) is 7.51. The summed E-state index contributed by atoms with van der Waals surface area (Å²) in [4.78, 5) is 11.4. The highest BCUT2D eigenvalue weighted by Gasteiger charge is 2.13. The Morgan fingerprint density at radius 1 is 1.64 bits per heavy atom. The van der Waals surface area contributed by atoms with Gasteiger partial charge in [0.15, 0.2) is 5.78 Å². The summed E-state index contributed by atoms with van der Waals surface area (Å²) in [6, 6.07) is 3.19. The molecule has 2 N–H and O–H groups in total. The molecule has 1 aromatic rings. The van der Waals surface area contributed by atoms with Crippen molar-refractivity contribution < 1.29 is 9.53 Å². The van der Waals surface area contributed by atoms with E-state index in [4.69, 9.17) is 22.1 Å². The normalized spacial score (nSPS) is 10.0. The number of hydrogen-bond acceptors (Lipinski definition) is 3. The smallest absolute Gasteiger partial charge is 0.180 e. The third-order valence-corrected chi connectivity index (χ3v) is 2.93. The number of rotatable bonds is 3. The van der Waals surface area contributed by atoms with Crippen LogP contribution in [-0.4, -0.2) is 19.4 Å². The van der Waals surface area contributed by atoms with Crippen molar-refractivity contribution in [2.45, 2.75) is 0 Å². The lowest BCUT2D eigenvalue weighted by molar-refractivity contribution is 0.0998. The molecule has 5 heteroatoms. The van der Waals surface area contributed by atoms with Crippen LogP contribution >= 0.6 is 27.5 Å². The molecule has 0 fully saturated rings. The molecule has 0 saturated carbocycles. The fourth-order valence-corrected chi connectivity index (χ4v) is 1.51. The molecule has 0 heterocycles. The van der Waals surface area contributed by atoms with Gasteiger partial charge in [0.1, 0.15) is 5.75 Å². The first-order valence-corrected chi connectivity index (χ1v) is 5.03. The average molecular weight is 279 g/mol. The predicted molar refractivity (Wildman–Crippen MR) is 59.1 cm³/mol. The molecule has 0 aliphatic heterocycles. The summed E-state index contributed by atoms with van der Waals surface area (Å²) in [5.41, 5.74) is 5.66. The lowest BCUT2D eigenvalue weighted by Crippen LogP contribution is -2.14. The maximum absolute atomic E-state index is 11.4. The minimum atomic E-state index is -0.198. The van der Waals surface area contributed by atoms with Crippen LogP contribution in [0.1, 0.15) is 10.4 Å². The van der Waals surface area contributed by atoms with Gasteiger partial charge in [0.25, 0.3) is 0 Å². The van der Waals surface area contributed by atoms with Gasteiger partial charge in [0.2, 0.25) is 0 Å². The topological polar surface area (TPSA) is 52.3 Å². The zero-order valence-corrected chi connectivity index (χ0v) is 9.85. The highest BCUT2D eigenvalue weighted by molar-refractivity contribution is 9.10. The fourth-order valence-electron chi connectivity index (χ4n) is 1.03. The van der Waals surface area contributed by atoms with Crippen molar-refractivity contribution >= 4 is 33.3 Å². The Labute approximate surface area is 95.3 Å². The number of benzene rings is 1. The van der Waals surface area contributed by atoms with Crippen LogP contribution in [0, 0.1) is 0 Å². The number of carbonyl (C=O) groups is 1. The van der Waals surface area contributed by atoms with Gasteiger partial charge >= 0.3 is 0 Å². The molecule has 1 aromatic carbocycles. The minimum Gasteiger partial charge on any atom is -0.496 e. The van der Waals surface area contributed by atoms with Crippen molar-refractivity contribution in [1.82, 2.24) is 0 Å². The second kappa shape index (κ2) is 4.77. The molecule has 3 nitrogen and oxygen atoms in total. The largest absolute Gasteiger partial charge is 0.496 e. The van der Waals surface area contributed by atoms with Gasteiger partial charge in [-0.3, -0.25) is 4.79 Å². The number of ether oxygens (including phenoxy) is 1. The molecule has 0 amide bonds. The summed E-state index contributed by atoms with van der Waals surface area (Å²) in [6.07, 6.45) is 0. The van der Waals surface area contributed by atoms with Gasteiger partial charge in [0.05, 0.1) is 24.2 Å². The van der Waals surface area contributed by atoms with Crippen LogP contribution in [0.25, 0.3) is 0 Å². The monoisotopic (exact) mass is 277 g/mol. The van der Waals surface area contributed by atoms with Crippen molar-refractivity contribution in [2.75, 3.05) is 13.7 Å². The molecule has 0 radical (unpaired) electrons. The maximum Gasteiger partial charge on any atom is 0.180 e. The molecule has 1 rings (SSSR count). The Balaban J connectivity index is 3.27. The molecule has 0 aliphatic rings. The number of nitrogens with two attached hydrogens (primary N) is 1. The standard InChI is InChI=1S/C9H9BrClNO2/c1-14-9-3-6(10)7(11)2-5(9)8(13)4-12/h2-3H,4,12H2,1H3. The Hall–Kier alpha value is -0.580. The molecule has 0 spiro atoms. The molecule has 0 atom stereocenters. The maximum atomic E-state index is 11.4. The summed E-state index contributed by atoms with van der Waals surface area (Å²) in [5, 5.41) is 0.461. The van der Waals surface area contributed by atoms with Crippen LogP contribution in [0.2, 0.25) is 5.02 Å². The summed E-state index contributed by atoms with van der Waals surface area (Å²) >= 11 is 9.09. The number of Topliss-reactive ketones (excluding diaryl/α,β-unsaturated/α-hetero) is 1. The van der Waals surface area contributed by atoms with E-state index in [0.717, 1.165) is 0 Å². The summed E-state index contributed by atoms with van der Waals surface area (Å²) < 4.78 is 5.72. The molecule has 14 heavy (non-hydrogen) atoms. The van der Waals surface area contributed by atoms with E-state index in [0.29, 0.717) is 20.8 Å². The lowest BCUT2D eigenvalue weighted by Gasteiger charge is -2.08. The second-order valence-corrected chi connectivity index (χ2v) is 3.86. The van der Waals surface area contributed by atoms with Gasteiger partial charge in [-0.15, -0.1) is 0 Å². The number of ketones is 1. The molecular formula is C9H9BrClNO2. The van der Waals surface area contributed by atoms with Crippen molar-refractivity contribution in [3.8, 4) is 5.75 Å². The highest BCUT2D eigenvalue weighted by Crippen LogP contribution is 2.30. The highest BCUT2D eigenvalue weighted by atomic mass is 79.9. The van der Waals surface area contributed by atoms with E-state index >= 15 is 0 Å². The van der Waals surface area contributed by atoms with Crippen LogP contribution in [0.5, 0.6) is 5.75 Å². The van der Waals surface area contributed by atoms with E-state index < -0.39 is 0 Å². The Kier molecular flexibility index (Phi) is 3.92. The van der Waals surface area contributed by atoms with E-state index in [2.05, 4.69) is 15.9 Å². The molecular weight excluding hydrogens is 269 g/mol. The van der Waals surface area contributed by atoms with Gasteiger partial charge < -0.3 is 10.5 Å². The van der Waals surface area contributed by atoms with Gasteiger partial charge in [-0.1, -0.05) is 11.6 Å². The summed E-state index contributed by atoms with van der Waals surface area (Å²) in [5.74, 6) is 0.271. The van der Waals surface area contributed by atoms with Crippen molar-refractivity contribution in [3.63, 3.8) is 0 Å². The fraction of sp³-hybridized carbons (Fsp3) is 0.222. The van der Waals surface area contributed by atoms with E-state index in [9.17, 15) is 4.79 Å². The van der Waals surface area contributed by atoms with Gasteiger partial charge in [0, 0.05) is 4.47 Å². The van der Waals surface area contributed by atoms with Crippen LogP contribution in [0.4, 0.5) is 0 Å². The Morgan fingerprint density at radius 3 is 2.79 bits per heavy atom. The molecule has 0 bridgehead atoms. The average Bonchev–Trinajstić information content (AvgIpc) is 2.20. The molecule has 76 valence electrons. The van der Waals surface area contributed by atoms with E-state index in [1.165, 1.54) is 7.11 Å². The van der Waals surface area contributed by atoms with Crippen LogP contribution < -0.4 is 10.5 Å². The van der Waals surface area contributed by atoms with Crippen LogP contribution in [0.15, 0.2) is 16.6 Å². The Morgan fingerprint density at radius 2 is 2.29 bits per heavy atom. The van der Waals surface area contributed by atoms with Crippen LogP contribution in [0.3, 0.4) is 0 Å². The Bertz CT molecular complexity index is 368. The summed E-state index contributed by atoms with van der Waals surface area (Å²) in [6.45, 7) is -0.0612. The van der Waals surface area contributed by atoms with E-state index in [1.54, 1.807) is 12.1 Å². The zero-order chi connectivity index (χ0) is 10.7. The third-order valence-electron chi connectivity index (χ3n) is 1.73. The third kappa shape index (κ3) is 2.26. The second-order valence-electron chi connectivity index (χ2n) is 2.59. The van der Waals surface area contributed by atoms with E-state index in [1.807, 2.05) is 0 Å². The van der Waals surface area contributed by atoms with Gasteiger partial charge in [-0.05, 0) is 28.1 Å². The van der Waals surface area contributed by atoms with E-state index in [-0.39, 0.29) is 12.3 Å². The first-order valence-electron chi connectivity index (χ1n) is 3.86. The SMILES string of the molecule is COc1cc(Br)c(Cl)cc1C(=O)CN. The first-order chi connectivity index (χ1) is 6.60. The van der Waals surface area contributed by atoms with Crippen molar-refractivity contribution in [3.05, 3.63) is 27.2 Å². The van der Waals surface area contributed by atoms with Crippen molar-refractivity contribution in [1.29, 1.82) is 0 Å². The number of carbonyl (C=O) groups excluding carboxylic acids is 1. The van der Waals surface area contributed by atoms with Crippen LogP contribution in [-0.2, 0) is 0 Å². The number of hydrogen-bond donors (Lipinski definition) is 1. The predicted octanol–water partition coefficient (Wildman–Crippen LogP) is 2.25. The summed E-state index contributed by atoms with van der Waals surface area (Å²) in [7, 11) is 1.49. The van der Waals surface area contributed by atoms with Crippen molar-refractivity contribution in [2.24, 2.45) is 5.73 Å².